The molecule has 0 radical (unpaired) electrons. The average Bonchev–Trinajstić information content (AvgIpc) is 2.54. The molecule has 0 saturated carbocycles. The second-order valence-corrected chi connectivity index (χ2v) is 4.67. The van der Waals surface area contributed by atoms with Gasteiger partial charge >= 0.3 is 5.97 Å². The van der Waals surface area contributed by atoms with Crippen LogP contribution in [0.1, 0.15) is 13.3 Å². The van der Waals surface area contributed by atoms with Gasteiger partial charge in [-0.1, -0.05) is 25.1 Å². The van der Waals surface area contributed by atoms with Crippen LogP contribution in [0.25, 0.3) is 10.9 Å². The van der Waals surface area contributed by atoms with Crippen LogP contribution in [0, 0.1) is 0 Å². The number of hydrogen-bond acceptors (Lipinski definition) is 5. The summed E-state index contributed by atoms with van der Waals surface area (Å²) in [6.07, 6.45) is 2.66. The Balaban J connectivity index is 2.10. The van der Waals surface area contributed by atoms with Crippen LogP contribution < -0.4 is 10.1 Å². The molecule has 0 fully saturated rings. The van der Waals surface area contributed by atoms with Crippen molar-refractivity contribution in [1.29, 1.82) is 0 Å². The molecular weight excluding hydrogens is 268 g/mol. The maximum absolute atomic E-state index is 11.7. The van der Waals surface area contributed by atoms with Crippen molar-refractivity contribution in [2.45, 2.75) is 19.4 Å². The van der Waals surface area contributed by atoms with Gasteiger partial charge in [-0.05, 0) is 25.1 Å². The molecule has 0 amide bonds. The maximum Gasteiger partial charge on any atom is 0.326 e. The van der Waals surface area contributed by atoms with E-state index in [9.17, 15) is 4.79 Å². The number of benzene rings is 1. The van der Waals surface area contributed by atoms with Gasteiger partial charge in [-0.2, -0.15) is 0 Å². The highest BCUT2D eigenvalue weighted by Crippen LogP contribution is 2.22. The van der Waals surface area contributed by atoms with E-state index in [0.29, 0.717) is 5.75 Å². The van der Waals surface area contributed by atoms with Crippen LogP contribution in [0.4, 0.5) is 0 Å². The number of hydrogen-bond donors (Lipinski definition) is 1. The van der Waals surface area contributed by atoms with Crippen LogP contribution in [0.2, 0.25) is 0 Å². The number of pyridine rings is 1. The standard InChI is InChI=1S/C16H20N2O3/c1-3-9-17-13(16(19)20-2)11-21-14-8-4-6-12-7-5-10-18-15(12)14/h4-8,10,13,17H,3,9,11H2,1-2H3. The smallest absolute Gasteiger partial charge is 0.326 e. The molecule has 1 unspecified atom stereocenters. The Kier molecular flexibility index (Phi) is 5.51. The zero-order valence-corrected chi connectivity index (χ0v) is 12.3. The predicted octanol–water partition coefficient (Wildman–Crippen LogP) is 2.15. The van der Waals surface area contributed by atoms with E-state index in [0.717, 1.165) is 23.9 Å². The fraction of sp³-hybridized carbons (Fsp3) is 0.375. The van der Waals surface area contributed by atoms with Crippen LogP contribution in [-0.4, -0.2) is 37.3 Å². The van der Waals surface area contributed by atoms with Gasteiger partial charge < -0.3 is 14.8 Å². The topological polar surface area (TPSA) is 60.5 Å². The SMILES string of the molecule is CCCNC(COc1cccc2cccnc12)C(=O)OC. The molecule has 1 atom stereocenters. The van der Waals surface area contributed by atoms with Crippen LogP contribution in [0.3, 0.4) is 0 Å². The minimum Gasteiger partial charge on any atom is -0.489 e. The van der Waals surface area contributed by atoms with E-state index >= 15 is 0 Å². The first-order valence-corrected chi connectivity index (χ1v) is 7.04. The fourth-order valence-corrected chi connectivity index (χ4v) is 2.04. The zero-order valence-electron chi connectivity index (χ0n) is 12.3. The number of rotatable bonds is 7. The lowest BCUT2D eigenvalue weighted by molar-refractivity contribution is -0.143. The van der Waals surface area contributed by atoms with Crippen LogP contribution in [0.5, 0.6) is 5.75 Å². The van der Waals surface area contributed by atoms with Gasteiger partial charge in [-0.25, -0.2) is 0 Å². The van der Waals surface area contributed by atoms with E-state index in [-0.39, 0.29) is 12.6 Å². The summed E-state index contributed by atoms with van der Waals surface area (Å²) in [7, 11) is 1.38. The van der Waals surface area contributed by atoms with Gasteiger partial charge in [0.25, 0.3) is 0 Å². The Morgan fingerprint density at radius 1 is 1.33 bits per heavy atom. The van der Waals surface area contributed by atoms with Gasteiger partial charge in [0.1, 0.15) is 23.9 Å². The molecule has 0 spiro atoms. The van der Waals surface area contributed by atoms with Gasteiger partial charge in [-0.3, -0.25) is 9.78 Å². The summed E-state index contributed by atoms with van der Waals surface area (Å²) in [4.78, 5) is 16.0. The third kappa shape index (κ3) is 3.92. The summed E-state index contributed by atoms with van der Waals surface area (Å²) >= 11 is 0. The molecule has 2 rings (SSSR count). The molecule has 5 heteroatoms. The molecular formula is C16H20N2O3. The van der Waals surface area contributed by atoms with Crippen molar-refractivity contribution in [2.24, 2.45) is 0 Å². The van der Waals surface area contributed by atoms with E-state index in [4.69, 9.17) is 9.47 Å². The van der Waals surface area contributed by atoms with Gasteiger partial charge in [0, 0.05) is 11.6 Å². The minimum atomic E-state index is -0.478. The molecule has 1 aromatic heterocycles. The first kappa shape index (κ1) is 15.3. The number of ether oxygens (including phenoxy) is 2. The molecule has 5 nitrogen and oxygen atoms in total. The van der Waals surface area contributed by atoms with Gasteiger partial charge in [-0.15, -0.1) is 0 Å². The average molecular weight is 288 g/mol. The number of nitrogens with zero attached hydrogens (tertiary/aromatic N) is 1. The Hall–Kier alpha value is -2.14. The highest BCUT2D eigenvalue weighted by Gasteiger charge is 2.19. The summed E-state index contributed by atoms with van der Waals surface area (Å²) in [5.41, 5.74) is 0.791. The Labute approximate surface area is 124 Å². The highest BCUT2D eigenvalue weighted by molar-refractivity contribution is 5.84. The molecule has 1 N–H and O–H groups in total. The first-order chi connectivity index (χ1) is 10.3. The lowest BCUT2D eigenvalue weighted by Gasteiger charge is -2.17. The summed E-state index contributed by atoms with van der Waals surface area (Å²) in [5.74, 6) is 0.344. The number of para-hydroxylation sites is 1. The van der Waals surface area contributed by atoms with Crippen LogP contribution >= 0.6 is 0 Å². The Morgan fingerprint density at radius 3 is 2.90 bits per heavy atom. The van der Waals surface area contributed by atoms with Gasteiger partial charge in [0.05, 0.1) is 7.11 Å². The summed E-state index contributed by atoms with van der Waals surface area (Å²) < 4.78 is 10.6. The lowest BCUT2D eigenvalue weighted by Crippen LogP contribution is -2.42. The van der Waals surface area contributed by atoms with Crippen molar-refractivity contribution >= 4 is 16.9 Å². The van der Waals surface area contributed by atoms with Gasteiger partial charge in [0.2, 0.25) is 0 Å². The number of nitrogens with one attached hydrogen (secondary N) is 1. The molecule has 2 aromatic rings. The molecule has 1 heterocycles. The van der Waals surface area contributed by atoms with Crippen LogP contribution in [0.15, 0.2) is 36.5 Å². The number of esters is 1. The van der Waals surface area contributed by atoms with Crippen LogP contribution in [-0.2, 0) is 9.53 Å². The normalized spacial score (nSPS) is 12.1. The third-order valence-corrected chi connectivity index (χ3v) is 3.13. The first-order valence-electron chi connectivity index (χ1n) is 7.04. The van der Waals surface area contributed by atoms with Gasteiger partial charge in [0.15, 0.2) is 0 Å². The van der Waals surface area contributed by atoms with E-state index in [1.54, 1.807) is 6.20 Å². The monoisotopic (exact) mass is 288 g/mol. The zero-order chi connectivity index (χ0) is 15.1. The second kappa shape index (κ2) is 7.59. The number of fused-ring (bicyclic) bond motifs is 1. The quantitative estimate of drug-likeness (QED) is 0.791. The summed E-state index contributed by atoms with van der Waals surface area (Å²) in [6.45, 7) is 2.98. The number of carbonyl (C=O) groups excluding carboxylic acids is 1. The van der Waals surface area contributed by atoms with E-state index in [1.807, 2.05) is 37.3 Å². The Morgan fingerprint density at radius 2 is 2.14 bits per heavy atom. The number of carbonyl (C=O) groups is 1. The highest BCUT2D eigenvalue weighted by atomic mass is 16.5. The van der Waals surface area contributed by atoms with Crippen molar-refractivity contribution in [1.82, 2.24) is 10.3 Å². The molecule has 0 bridgehead atoms. The number of methoxy groups -OCH3 is 1. The summed E-state index contributed by atoms with van der Waals surface area (Å²) in [5, 5.41) is 4.12. The Bertz CT molecular complexity index is 596. The lowest BCUT2D eigenvalue weighted by atomic mass is 10.2. The number of aromatic nitrogens is 1. The van der Waals surface area contributed by atoms with E-state index in [2.05, 4.69) is 10.3 Å². The fourth-order valence-electron chi connectivity index (χ4n) is 2.04. The molecule has 0 aliphatic rings. The van der Waals surface area contributed by atoms with E-state index < -0.39 is 6.04 Å². The largest absolute Gasteiger partial charge is 0.489 e. The molecule has 112 valence electrons. The molecule has 0 aliphatic heterocycles. The van der Waals surface area contributed by atoms with E-state index in [1.165, 1.54) is 7.11 Å². The molecule has 1 aromatic carbocycles. The van der Waals surface area contributed by atoms with Crippen molar-refractivity contribution in [3.63, 3.8) is 0 Å². The van der Waals surface area contributed by atoms with Crippen molar-refractivity contribution in [3.05, 3.63) is 36.5 Å². The predicted molar refractivity (Wildman–Crippen MR) is 81.3 cm³/mol. The maximum atomic E-state index is 11.7. The van der Waals surface area contributed by atoms with Crippen molar-refractivity contribution < 1.29 is 14.3 Å². The molecule has 0 saturated heterocycles. The van der Waals surface area contributed by atoms with Crippen molar-refractivity contribution in [3.8, 4) is 5.75 Å². The van der Waals surface area contributed by atoms with Crippen molar-refractivity contribution in [2.75, 3.05) is 20.3 Å². The summed E-state index contributed by atoms with van der Waals surface area (Å²) in [6, 6.07) is 9.11. The second-order valence-electron chi connectivity index (χ2n) is 4.67. The molecule has 21 heavy (non-hydrogen) atoms. The third-order valence-electron chi connectivity index (χ3n) is 3.13. The minimum absolute atomic E-state index is 0.211. The molecule has 0 aliphatic carbocycles.